The number of hydrogen-bond acceptors (Lipinski definition) is 6. The van der Waals surface area contributed by atoms with Crippen LogP contribution in [0.4, 0.5) is 5.13 Å². The van der Waals surface area contributed by atoms with Crippen LogP contribution in [0, 0.1) is 0 Å². The van der Waals surface area contributed by atoms with Gasteiger partial charge >= 0.3 is 0 Å². The highest BCUT2D eigenvalue weighted by atomic mass is 32.2. The van der Waals surface area contributed by atoms with Crippen molar-refractivity contribution in [1.29, 1.82) is 0 Å². The van der Waals surface area contributed by atoms with Crippen molar-refractivity contribution in [1.82, 2.24) is 15.5 Å². The summed E-state index contributed by atoms with van der Waals surface area (Å²) in [5.41, 5.74) is 0.948. The first kappa shape index (κ1) is 18.8. The van der Waals surface area contributed by atoms with E-state index < -0.39 is 0 Å². The third-order valence-electron chi connectivity index (χ3n) is 4.16. The largest absolute Gasteiger partial charge is 0.353 e. The maximum atomic E-state index is 12.0. The molecule has 3 rings (SSSR count). The molecular weight excluding hydrogens is 368 g/mol. The fraction of sp³-hybridized carbons (Fsp3) is 0.444. The number of benzene rings is 1. The van der Waals surface area contributed by atoms with Crippen molar-refractivity contribution >= 4 is 40.0 Å². The molecule has 1 aliphatic carbocycles. The highest BCUT2D eigenvalue weighted by molar-refractivity contribution is 8.01. The Labute approximate surface area is 161 Å². The summed E-state index contributed by atoms with van der Waals surface area (Å²) < 4.78 is 0.679. The molecule has 1 aromatic heterocycles. The molecule has 1 aromatic carbocycles. The fourth-order valence-electron chi connectivity index (χ4n) is 2.91. The van der Waals surface area contributed by atoms with Crippen LogP contribution in [-0.2, 0) is 16.0 Å². The molecule has 1 saturated carbocycles. The van der Waals surface area contributed by atoms with Gasteiger partial charge in [0.1, 0.15) is 0 Å². The van der Waals surface area contributed by atoms with Crippen LogP contribution in [0.15, 0.2) is 34.7 Å². The molecule has 0 radical (unpaired) electrons. The van der Waals surface area contributed by atoms with E-state index in [0.29, 0.717) is 27.7 Å². The lowest BCUT2D eigenvalue weighted by Gasteiger charge is -2.22. The Morgan fingerprint density at radius 2 is 1.85 bits per heavy atom. The summed E-state index contributed by atoms with van der Waals surface area (Å²) in [6.07, 6.45) is 6.11. The minimum absolute atomic E-state index is 0.0340. The van der Waals surface area contributed by atoms with E-state index in [1.165, 1.54) is 42.4 Å². The number of hydrogen-bond donors (Lipinski definition) is 2. The third kappa shape index (κ3) is 6.10. The predicted molar refractivity (Wildman–Crippen MR) is 104 cm³/mol. The molecule has 6 nitrogen and oxygen atoms in total. The molecule has 2 N–H and O–H groups in total. The van der Waals surface area contributed by atoms with Gasteiger partial charge in [-0.2, -0.15) is 0 Å². The van der Waals surface area contributed by atoms with Crippen molar-refractivity contribution in [3.63, 3.8) is 0 Å². The van der Waals surface area contributed by atoms with Crippen LogP contribution in [0.3, 0.4) is 0 Å². The lowest BCUT2D eigenvalue weighted by molar-refractivity contribution is -0.119. The Balaban J connectivity index is 1.41. The summed E-state index contributed by atoms with van der Waals surface area (Å²) in [4.78, 5) is 24.1. The lowest BCUT2D eigenvalue weighted by atomic mass is 9.95. The van der Waals surface area contributed by atoms with Gasteiger partial charge in [0, 0.05) is 6.04 Å². The number of aromatic nitrogens is 2. The zero-order chi connectivity index (χ0) is 18.2. The quantitative estimate of drug-likeness (QED) is 0.560. The summed E-state index contributed by atoms with van der Waals surface area (Å²) >= 11 is 2.64. The van der Waals surface area contributed by atoms with Crippen LogP contribution < -0.4 is 10.6 Å². The molecule has 0 atom stereocenters. The highest BCUT2D eigenvalue weighted by Crippen LogP contribution is 2.25. The van der Waals surface area contributed by atoms with Crippen LogP contribution in [-0.4, -0.2) is 33.8 Å². The maximum absolute atomic E-state index is 12.0. The second-order valence-corrected chi connectivity index (χ2v) is 8.47. The van der Waals surface area contributed by atoms with Crippen LogP contribution in [0.25, 0.3) is 0 Å². The van der Waals surface area contributed by atoms with Crippen LogP contribution in [0.1, 0.15) is 37.7 Å². The normalized spacial score (nSPS) is 14.8. The molecule has 138 valence electrons. The zero-order valence-electron chi connectivity index (χ0n) is 14.4. The maximum Gasteiger partial charge on any atom is 0.230 e. The third-order valence-corrected chi connectivity index (χ3v) is 6.13. The number of carbonyl (C=O) groups is 2. The minimum Gasteiger partial charge on any atom is -0.353 e. The number of thioether (sulfide) groups is 1. The Morgan fingerprint density at radius 3 is 2.62 bits per heavy atom. The summed E-state index contributed by atoms with van der Waals surface area (Å²) in [6.45, 7) is 0. The van der Waals surface area contributed by atoms with Gasteiger partial charge in [-0.15, -0.1) is 10.2 Å². The standard InChI is InChI=1S/C18H22N4O2S2/c23-15(11-13-7-3-1-4-8-13)20-17-21-22-18(26-17)25-12-16(24)19-14-9-5-2-6-10-14/h1,3-4,7-8,14H,2,5-6,9-12H2,(H,19,24)(H,20,21,23). The Kier molecular flexibility index (Phi) is 7.02. The fourth-order valence-corrected chi connectivity index (χ4v) is 4.49. The van der Waals surface area contributed by atoms with Gasteiger partial charge in [0.2, 0.25) is 16.9 Å². The average Bonchev–Trinajstić information content (AvgIpc) is 3.09. The van der Waals surface area contributed by atoms with Crippen molar-refractivity contribution in [2.24, 2.45) is 0 Å². The van der Waals surface area contributed by atoms with E-state index in [2.05, 4.69) is 20.8 Å². The lowest BCUT2D eigenvalue weighted by Crippen LogP contribution is -2.37. The summed E-state index contributed by atoms with van der Waals surface area (Å²) in [6, 6.07) is 9.86. The van der Waals surface area contributed by atoms with E-state index in [4.69, 9.17) is 0 Å². The molecule has 0 unspecified atom stereocenters. The molecule has 0 aliphatic heterocycles. The predicted octanol–water partition coefficient (Wildman–Crippen LogP) is 3.26. The molecular formula is C18H22N4O2S2. The Morgan fingerprint density at radius 1 is 1.08 bits per heavy atom. The highest BCUT2D eigenvalue weighted by Gasteiger charge is 2.16. The first-order valence-corrected chi connectivity index (χ1v) is 10.6. The van der Waals surface area contributed by atoms with Crippen molar-refractivity contribution in [3.8, 4) is 0 Å². The van der Waals surface area contributed by atoms with Crippen LogP contribution in [0.5, 0.6) is 0 Å². The van der Waals surface area contributed by atoms with Gasteiger partial charge < -0.3 is 10.6 Å². The number of nitrogens with zero attached hydrogens (tertiary/aromatic N) is 2. The van der Waals surface area contributed by atoms with E-state index in [1.807, 2.05) is 30.3 Å². The molecule has 2 aromatic rings. The average molecular weight is 391 g/mol. The number of rotatable bonds is 7. The topological polar surface area (TPSA) is 84.0 Å². The smallest absolute Gasteiger partial charge is 0.230 e. The van der Waals surface area contributed by atoms with Gasteiger partial charge in [-0.05, 0) is 18.4 Å². The molecule has 0 bridgehead atoms. The van der Waals surface area contributed by atoms with Gasteiger partial charge in [-0.25, -0.2) is 0 Å². The number of anilines is 1. The van der Waals surface area contributed by atoms with Gasteiger partial charge in [-0.1, -0.05) is 72.7 Å². The van der Waals surface area contributed by atoms with Crippen LogP contribution >= 0.6 is 23.1 Å². The second-order valence-electron chi connectivity index (χ2n) is 6.27. The van der Waals surface area contributed by atoms with E-state index >= 15 is 0 Å². The van der Waals surface area contributed by atoms with E-state index in [0.717, 1.165) is 18.4 Å². The Hall–Kier alpha value is -1.93. The van der Waals surface area contributed by atoms with Crippen molar-refractivity contribution in [3.05, 3.63) is 35.9 Å². The molecule has 1 aliphatic rings. The molecule has 26 heavy (non-hydrogen) atoms. The van der Waals surface area contributed by atoms with E-state index in [-0.39, 0.29) is 11.8 Å². The monoisotopic (exact) mass is 390 g/mol. The number of amides is 2. The first-order chi connectivity index (χ1) is 12.7. The van der Waals surface area contributed by atoms with E-state index in [1.54, 1.807) is 0 Å². The van der Waals surface area contributed by atoms with Gasteiger partial charge in [0.05, 0.1) is 12.2 Å². The van der Waals surface area contributed by atoms with Gasteiger partial charge in [0.15, 0.2) is 4.34 Å². The SMILES string of the molecule is O=C(Cc1ccccc1)Nc1nnc(SCC(=O)NC2CCCCC2)s1. The zero-order valence-corrected chi connectivity index (χ0v) is 16.1. The first-order valence-electron chi connectivity index (χ1n) is 8.78. The van der Waals surface area contributed by atoms with Crippen molar-refractivity contribution < 1.29 is 9.59 Å². The van der Waals surface area contributed by atoms with E-state index in [9.17, 15) is 9.59 Å². The molecule has 2 amide bonds. The summed E-state index contributed by atoms with van der Waals surface area (Å²) in [5.74, 6) is 0.231. The van der Waals surface area contributed by atoms with Gasteiger partial charge in [0.25, 0.3) is 0 Å². The summed E-state index contributed by atoms with van der Waals surface area (Å²) in [5, 5.41) is 14.3. The van der Waals surface area contributed by atoms with Crippen LogP contribution in [0.2, 0.25) is 0 Å². The van der Waals surface area contributed by atoms with Crippen molar-refractivity contribution in [2.45, 2.75) is 48.9 Å². The molecule has 1 heterocycles. The second kappa shape index (κ2) is 9.68. The van der Waals surface area contributed by atoms with Gasteiger partial charge in [-0.3, -0.25) is 9.59 Å². The molecule has 8 heteroatoms. The molecule has 0 spiro atoms. The number of nitrogens with one attached hydrogen (secondary N) is 2. The molecule has 1 fully saturated rings. The Bertz CT molecular complexity index is 730. The van der Waals surface area contributed by atoms with Crippen molar-refractivity contribution in [2.75, 3.05) is 11.1 Å². The molecule has 0 saturated heterocycles. The minimum atomic E-state index is -0.126. The number of carbonyl (C=O) groups excluding carboxylic acids is 2. The summed E-state index contributed by atoms with van der Waals surface area (Å²) in [7, 11) is 0.